The Morgan fingerprint density at radius 3 is 1.95 bits per heavy atom. The zero-order valence-corrected chi connectivity index (χ0v) is 14.3. The van der Waals surface area contributed by atoms with Crippen molar-refractivity contribution in [1.82, 2.24) is 10.2 Å². The van der Waals surface area contributed by atoms with Crippen molar-refractivity contribution in [3.63, 3.8) is 0 Å². The molecule has 0 amide bonds. The predicted octanol–water partition coefficient (Wildman–Crippen LogP) is 2.39. The highest BCUT2D eigenvalue weighted by atomic mass is 16.5. The van der Waals surface area contributed by atoms with E-state index >= 15 is 0 Å². The van der Waals surface area contributed by atoms with Gasteiger partial charge in [-0.05, 0) is 46.2 Å². The summed E-state index contributed by atoms with van der Waals surface area (Å²) in [5.74, 6) is 0.629. The molecule has 0 aromatic carbocycles. The van der Waals surface area contributed by atoms with Crippen LogP contribution in [0.3, 0.4) is 0 Å². The SMILES string of the molecule is CCCNCC(C)C(C)N(CCOCC)CCOCC. The quantitative estimate of drug-likeness (QED) is 0.498. The Bertz CT molecular complexity index is 193. The fourth-order valence-corrected chi connectivity index (χ4v) is 2.21. The minimum atomic E-state index is 0.542. The van der Waals surface area contributed by atoms with Crippen LogP contribution in [0.25, 0.3) is 0 Å². The van der Waals surface area contributed by atoms with Gasteiger partial charge in [0.25, 0.3) is 0 Å². The van der Waals surface area contributed by atoms with Crippen LogP contribution in [-0.2, 0) is 9.47 Å². The molecule has 0 aromatic rings. The van der Waals surface area contributed by atoms with E-state index in [0.29, 0.717) is 12.0 Å². The molecule has 0 aromatic heterocycles. The average Bonchev–Trinajstić information content (AvgIpc) is 2.45. The molecule has 0 aliphatic rings. The molecule has 2 atom stereocenters. The third-order valence-corrected chi connectivity index (χ3v) is 3.75. The van der Waals surface area contributed by atoms with Gasteiger partial charge in [-0.15, -0.1) is 0 Å². The van der Waals surface area contributed by atoms with Crippen LogP contribution in [0.5, 0.6) is 0 Å². The molecule has 0 fully saturated rings. The summed E-state index contributed by atoms with van der Waals surface area (Å²) >= 11 is 0. The Morgan fingerprint density at radius 2 is 1.50 bits per heavy atom. The highest BCUT2D eigenvalue weighted by Crippen LogP contribution is 2.10. The second-order valence-electron chi connectivity index (χ2n) is 5.35. The van der Waals surface area contributed by atoms with Crippen LogP contribution in [-0.4, -0.2) is 63.5 Å². The van der Waals surface area contributed by atoms with Crippen LogP contribution in [0.15, 0.2) is 0 Å². The summed E-state index contributed by atoms with van der Waals surface area (Å²) < 4.78 is 11.0. The van der Waals surface area contributed by atoms with Crippen LogP contribution < -0.4 is 5.32 Å². The zero-order valence-electron chi connectivity index (χ0n) is 14.3. The molecular weight excluding hydrogens is 252 g/mol. The summed E-state index contributed by atoms with van der Waals surface area (Å²) in [4.78, 5) is 2.49. The van der Waals surface area contributed by atoms with Gasteiger partial charge in [0.05, 0.1) is 13.2 Å². The lowest BCUT2D eigenvalue weighted by molar-refractivity contribution is 0.0539. The Balaban J connectivity index is 4.16. The average molecular weight is 288 g/mol. The van der Waals surface area contributed by atoms with E-state index in [0.717, 1.165) is 52.6 Å². The lowest BCUT2D eigenvalue weighted by Gasteiger charge is -2.33. The zero-order chi connectivity index (χ0) is 15.2. The maximum absolute atomic E-state index is 5.50. The van der Waals surface area contributed by atoms with Gasteiger partial charge in [-0.25, -0.2) is 0 Å². The van der Waals surface area contributed by atoms with Crippen LogP contribution in [0, 0.1) is 5.92 Å². The fraction of sp³-hybridized carbons (Fsp3) is 1.00. The molecule has 0 saturated heterocycles. The summed E-state index contributed by atoms with van der Waals surface area (Å²) in [5, 5.41) is 3.52. The number of hydrogen-bond donors (Lipinski definition) is 1. The summed E-state index contributed by atoms with van der Waals surface area (Å²) in [6.07, 6.45) is 1.19. The first-order valence-corrected chi connectivity index (χ1v) is 8.27. The third kappa shape index (κ3) is 9.70. The van der Waals surface area contributed by atoms with E-state index in [9.17, 15) is 0 Å². The van der Waals surface area contributed by atoms with Gasteiger partial charge < -0.3 is 14.8 Å². The lowest BCUT2D eigenvalue weighted by atomic mass is 10.0. The standard InChI is InChI=1S/C16H36N2O2/c1-6-9-17-14-15(4)16(5)18(10-12-19-7-2)11-13-20-8-3/h15-17H,6-14H2,1-5H3. The fourth-order valence-electron chi connectivity index (χ4n) is 2.21. The van der Waals surface area contributed by atoms with Crippen molar-refractivity contribution in [2.24, 2.45) is 5.92 Å². The topological polar surface area (TPSA) is 33.7 Å². The van der Waals surface area contributed by atoms with Gasteiger partial charge in [-0.3, -0.25) is 4.90 Å². The molecule has 20 heavy (non-hydrogen) atoms. The van der Waals surface area contributed by atoms with E-state index in [2.05, 4.69) is 31.0 Å². The highest BCUT2D eigenvalue weighted by Gasteiger charge is 2.19. The molecular formula is C16H36N2O2. The molecule has 1 N–H and O–H groups in total. The predicted molar refractivity (Wildman–Crippen MR) is 86.3 cm³/mol. The molecule has 0 bridgehead atoms. The Kier molecular flexibility index (Phi) is 13.7. The molecule has 0 aliphatic carbocycles. The minimum Gasteiger partial charge on any atom is -0.380 e. The van der Waals surface area contributed by atoms with Crippen LogP contribution in [0.1, 0.15) is 41.0 Å². The minimum absolute atomic E-state index is 0.542. The van der Waals surface area contributed by atoms with Gasteiger partial charge in [0.1, 0.15) is 0 Å². The maximum Gasteiger partial charge on any atom is 0.0593 e. The monoisotopic (exact) mass is 288 g/mol. The van der Waals surface area contributed by atoms with Crippen molar-refractivity contribution < 1.29 is 9.47 Å². The number of nitrogens with one attached hydrogen (secondary N) is 1. The first-order valence-electron chi connectivity index (χ1n) is 8.27. The molecule has 0 radical (unpaired) electrons. The maximum atomic E-state index is 5.50. The second kappa shape index (κ2) is 13.8. The number of rotatable bonds is 14. The molecule has 4 heteroatoms. The molecule has 2 unspecified atom stereocenters. The Morgan fingerprint density at radius 1 is 0.950 bits per heavy atom. The highest BCUT2D eigenvalue weighted by molar-refractivity contribution is 4.74. The molecule has 0 saturated carbocycles. The van der Waals surface area contributed by atoms with Crippen LogP contribution >= 0.6 is 0 Å². The van der Waals surface area contributed by atoms with E-state index in [-0.39, 0.29) is 0 Å². The second-order valence-corrected chi connectivity index (χ2v) is 5.35. The molecule has 0 spiro atoms. The molecule has 0 aliphatic heterocycles. The van der Waals surface area contributed by atoms with Crippen molar-refractivity contribution in [3.8, 4) is 0 Å². The van der Waals surface area contributed by atoms with Crippen LogP contribution in [0.2, 0.25) is 0 Å². The molecule has 0 heterocycles. The van der Waals surface area contributed by atoms with Gasteiger partial charge in [0.15, 0.2) is 0 Å². The van der Waals surface area contributed by atoms with Crippen LogP contribution in [0.4, 0.5) is 0 Å². The summed E-state index contributed by atoms with van der Waals surface area (Å²) in [6.45, 7) is 18.3. The van der Waals surface area contributed by atoms with E-state index in [1.807, 2.05) is 13.8 Å². The number of ether oxygens (including phenoxy) is 2. The Labute approximate surface area is 126 Å². The first-order chi connectivity index (χ1) is 9.67. The van der Waals surface area contributed by atoms with Crippen molar-refractivity contribution in [2.45, 2.75) is 47.1 Å². The van der Waals surface area contributed by atoms with E-state index in [1.54, 1.807) is 0 Å². The molecule has 122 valence electrons. The smallest absolute Gasteiger partial charge is 0.0593 e. The molecule has 0 rings (SSSR count). The van der Waals surface area contributed by atoms with Gasteiger partial charge in [-0.2, -0.15) is 0 Å². The van der Waals surface area contributed by atoms with Crippen molar-refractivity contribution in [1.29, 1.82) is 0 Å². The lowest BCUT2D eigenvalue weighted by Crippen LogP contribution is -2.44. The van der Waals surface area contributed by atoms with E-state index in [1.165, 1.54) is 6.42 Å². The van der Waals surface area contributed by atoms with Gasteiger partial charge in [0.2, 0.25) is 0 Å². The normalized spacial score (nSPS) is 14.7. The third-order valence-electron chi connectivity index (χ3n) is 3.75. The number of nitrogens with zero attached hydrogens (tertiary/aromatic N) is 1. The Hall–Kier alpha value is -0.160. The van der Waals surface area contributed by atoms with Crippen molar-refractivity contribution in [2.75, 3.05) is 52.6 Å². The van der Waals surface area contributed by atoms with Crippen molar-refractivity contribution >= 4 is 0 Å². The first kappa shape index (κ1) is 19.8. The van der Waals surface area contributed by atoms with E-state index < -0.39 is 0 Å². The number of hydrogen-bond acceptors (Lipinski definition) is 4. The van der Waals surface area contributed by atoms with Crippen molar-refractivity contribution in [3.05, 3.63) is 0 Å². The summed E-state index contributed by atoms with van der Waals surface area (Å²) in [6, 6.07) is 0.542. The largest absolute Gasteiger partial charge is 0.380 e. The van der Waals surface area contributed by atoms with E-state index in [4.69, 9.17) is 9.47 Å². The summed E-state index contributed by atoms with van der Waals surface area (Å²) in [5.41, 5.74) is 0. The molecule has 4 nitrogen and oxygen atoms in total. The van der Waals surface area contributed by atoms with Gasteiger partial charge in [0, 0.05) is 32.3 Å². The van der Waals surface area contributed by atoms with Gasteiger partial charge in [-0.1, -0.05) is 13.8 Å². The van der Waals surface area contributed by atoms with Gasteiger partial charge >= 0.3 is 0 Å². The summed E-state index contributed by atoms with van der Waals surface area (Å²) in [7, 11) is 0.